The standard InChI is InChI=1S/C25H20N8O/c1-15-5-4-9-29-20(15)14-34-25-31-23-21(19-8-10-28-13-16(19)2)22(30-24(27)33(23)32-25)18-7-3-6-17(11-18)12-26/h3-11,13H,14H2,1-2H3,(H2,27,30). The Labute approximate surface area is 195 Å². The van der Waals surface area contributed by atoms with Gasteiger partial charge in [-0.05, 0) is 54.8 Å². The lowest BCUT2D eigenvalue weighted by molar-refractivity contribution is 0.276. The van der Waals surface area contributed by atoms with Crippen molar-refractivity contribution in [3.63, 3.8) is 0 Å². The van der Waals surface area contributed by atoms with Crippen molar-refractivity contribution in [1.82, 2.24) is 29.5 Å². The van der Waals surface area contributed by atoms with E-state index in [1.807, 2.05) is 44.2 Å². The number of nitrogens with zero attached hydrogens (tertiary/aromatic N) is 7. The van der Waals surface area contributed by atoms with Gasteiger partial charge in [0.25, 0.3) is 0 Å². The molecule has 1 aromatic carbocycles. The highest BCUT2D eigenvalue weighted by Crippen LogP contribution is 2.36. The maximum absolute atomic E-state index is 9.39. The number of anilines is 1. The zero-order chi connectivity index (χ0) is 23.7. The van der Waals surface area contributed by atoms with Crippen LogP contribution in [-0.4, -0.2) is 29.5 Å². The van der Waals surface area contributed by atoms with Crippen LogP contribution in [0.1, 0.15) is 22.4 Å². The Morgan fingerprint density at radius 3 is 2.74 bits per heavy atom. The molecular formula is C25H20N8O. The van der Waals surface area contributed by atoms with Crippen LogP contribution in [0.5, 0.6) is 6.01 Å². The van der Waals surface area contributed by atoms with Gasteiger partial charge in [-0.3, -0.25) is 9.97 Å². The van der Waals surface area contributed by atoms with Crippen LogP contribution in [0, 0.1) is 25.2 Å². The molecule has 0 spiro atoms. The van der Waals surface area contributed by atoms with Crippen molar-refractivity contribution in [2.75, 3.05) is 5.73 Å². The summed E-state index contributed by atoms with van der Waals surface area (Å²) in [5.41, 5.74) is 13.0. The number of aromatic nitrogens is 6. The highest BCUT2D eigenvalue weighted by Gasteiger charge is 2.22. The monoisotopic (exact) mass is 448 g/mol. The molecule has 0 unspecified atom stereocenters. The Kier molecular flexibility index (Phi) is 5.32. The molecule has 0 radical (unpaired) electrons. The number of rotatable bonds is 5. The van der Waals surface area contributed by atoms with E-state index in [1.165, 1.54) is 4.52 Å². The number of benzene rings is 1. The molecule has 5 aromatic rings. The summed E-state index contributed by atoms with van der Waals surface area (Å²) in [6, 6.07) is 15.3. The molecule has 4 heterocycles. The van der Waals surface area contributed by atoms with E-state index >= 15 is 0 Å². The summed E-state index contributed by atoms with van der Waals surface area (Å²) >= 11 is 0. The quantitative estimate of drug-likeness (QED) is 0.429. The molecule has 0 saturated heterocycles. The maximum atomic E-state index is 9.39. The van der Waals surface area contributed by atoms with E-state index in [0.717, 1.165) is 33.5 Å². The van der Waals surface area contributed by atoms with Gasteiger partial charge in [-0.2, -0.15) is 14.8 Å². The van der Waals surface area contributed by atoms with Crippen molar-refractivity contribution in [3.05, 3.63) is 83.4 Å². The summed E-state index contributed by atoms with van der Waals surface area (Å²) in [5, 5.41) is 13.8. The SMILES string of the molecule is Cc1cnccc1-c1c(-c2cccc(C#N)c2)nc(N)n2nc(OCc3ncccc3C)nc12. The number of pyridine rings is 2. The van der Waals surface area contributed by atoms with Gasteiger partial charge in [0.1, 0.15) is 6.61 Å². The minimum Gasteiger partial charge on any atom is -0.456 e. The summed E-state index contributed by atoms with van der Waals surface area (Å²) in [4.78, 5) is 17.9. The highest BCUT2D eigenvalue weighted by molar-refractivity contribution is 5.92. The van der Waals surface area contributed by atoms with E-state index in [0.29, 0.717) is 16.9 Å². The molecule has 0 saturated carbocycles. The van der Waals surface area contributed by atoms with E-state index in [4.69, 9.17) is 10.5 Å². The molecule has 0 aliphatic heterocycles. The second kappa shape index (κ2) is 8.60. The summed E-state index contributed by atoms with van der Waals surface area (Å²) < 4.78 is 7.34. The molecule has 0 aliphatic rings. The average molecular weight is 448 g/mol. The average Bonchev–Trinajstić information content (AvgIpc) is 3.29. The predicted octanol–water partition coefficient (Wildman–Crippen LogP) is 3.90. The minimum absolute atomic E-state index is 0.152. The van der Waals surface area contributed by atoms with Crippen LogP contribution in [0.2, 0.25) is 0 Å². The smallest absolute Gasteiger partial charge is 0.336 e. The number of ether oxygens (including phenoxy) is 1. The summed E-state index contributed by atoms with van der Waals surface area (Å²) in [7, 11) is 0. The fraction of sp³-hybridized carbons (Fsp3) is 0.120. The van der Waals surface area contributed by atoms with E-state index < -0.39 is 0 Å². The molecule has 9 heteroatoms. The predicted molar refractivity (Wildman–Crippen MR) is 127 cm³/mol. The van der Waals surface area contributed by atoms with Crippen molar-refractivity contribution < 1.29 is 4.74 Å². The van der Waals surface area contributed by atoms with Gasteiger partial charge < -0.3 is 10.5 Å². The van der Waals surface area contributed by atoms with Crippen LogP contribution in [-0.2, 0) is 6.61 Å². The first kappa shape index (κ1) is 21.0. The summed E-state index contributed by atoms with van der Waals surface area (Å²) in [6.07, 6.45) is 5.20. The van der Waals surface area contributed by atoms with Gasteiger partial charge in [-0.1, -0.05) is 18.2 Å². The molecule has 0 amide bonds. The zero-order valence-corrected chi connectivity index (χ0v) is 18.6. The lowest BCUT2D eigenvalue weighted by Crippen LogP contribution is -2.06. The molecule has 4 aromatic heterocycles. The highest BCUT2D eigenvalue weighted by atomic mass is 16.5. The number of hydrogen-bond donors (Lipinski definition) is 1. The summed E-state index contributed by atoms with van der Waals surface area (Å²) in [6.45, 7) is 4.15. The number of nitrogens with two attached hydrogens (primary N) is 1. The molecule has 9 nitrogen and oxygen atoms in total. The van der Waals surface area contributed by atoms with E-state index in [9.17, 15) is 5.26 Å². The second-order valence-electron chi connectivity index (χ2n) is 7.76. The lowest BCUT2D eigenvalue weighted by atomic mass is 9.97. The van der Waals surface area contributed by atoms with E-state index in [2.05, 4.69) is 31.1 Å². The molecule has 5 rings (SSSR count). The van der Waals surface area contributed by atoms with Gasteiger partial charge in [-0.25, -0.2) is 4.98 Å². The Hall–Kier alpha value is -4.84. The normalized spacial score (nSPS) is 10.9. The fourth-order valence-corrected chi connectivity index (χ4v) is 3.75. The Balaban J connectivity index is 1.69. The molecule has 166 valence electrons. The first-order chi connectivity index (χ1) is 16.5. The second-order valence-corrected chi connectivity index (χ2v) is 7.76. The number of nitrogen functional groups attached to an aromatic ring is 1. The van der Waals surface area contributed by atoms with Crippen LogP contribution in [0.25, 0.3) is 28.0 Å². The van der Waals surface area contributed by atoms with Crippen molar-refractivity contribution in [1.29, 1.82) is 5.26 Å². The van der Waals surface area contributed by atoms with Crippen molar-refractivity contribution >= 4 is 11.6 Å². The van der Waals surface area contributed by atoms with Crippen LogP contribution in [0.15, 0.2) is 61.1 Å². The van der Waals surface area contributed by atoms with Crippen LogP contribution in [0.4, 0.5) is 5.95 Å². The van der Waals surface area contributed by atoms with Crippen molar-refractivity contribution in [2.45, 2.75) is 20.5 Å². The van der Waals surface area contributed by atoms with Crippen LogP contribution in [0.3, 0.4) is 0 Å². The molecular weight excluding hydrogens is 428 g/mol. The molecule has 0 fully saturated rings. The van der Waals surface area contributed by atoms with Gasteiger partial charge in [0.05, 0.1) is 28.6 Å². The maximum Gasteiger partial charge on any atom is 0.336 e. The van der Waals surface area contributed by atoms with E-state index in [-0.39, 0.29) is 18.6 Å². The van der Waals surface area contributed by atoms with Gasteiger partial charge in [0.15, 0.2) is 5.65 Å². The van der Waals surface area contributed by atoms with Crippen molar-refractivity contribution in [2.24, 2.45) is 0 Å². The topological polar surface area (TPSA) is 128 Å². The Morgan fingerprint density at radius 2 is 1.94 bits per heavy atom. The molecule has 0 atom stereocenters. The molecule has 0 bridgehead atoms. The third-order valence-corrected chi connectivity index (χ3v) is 5.50. The van der Waals surface area contributed by atoms with E-state index in [1.54, 1.807) is 30.7 Å². The number of aryl methyl sites for hydroxylation is 2. The van der Waals surface area contributed by atoms with Crippen LogP contribution >= 0.6 is 0 Å². The third-order valence-electron chi connectivity index (χ3n) is 5.50. The van der Waals surface area contributed by atoms with Crippen molar-refractivity contribution in [3.8, 4) is 34.5 Å². The van der Waals surface area contributed by atoms with Gasteiger partial charge in [0, 0.05) is 24.2 Å². The number of hydrogen-bond acceptors (Lipinski definition) is 8. The molecule has 2 N–H and O–H groups in total. The number of nitriles is 1. The Morgan fingerprint density at radius 1 is 1.06 bits per heavy atom. The number of fused-ring (bicyclic) bond motifs is 1. The largest absolute Gasteiger partial charge is 0.456 e. The van der Waals surface area contributed by atoms with Crippen LogP contribution < -0.4 is 10.5 Å². The molecule has 0 aliphatic carbocycles. The minimum atomic E-state index is 0.152. The third kappa shape index (κ3) is 3.78. The molecule has 34 heavy (non-hydrogen) atoms. The fourth-order valence-electron chi connectivity index (χ4n) is 3.75. The zero-order valence-electron chi connectivity index (χ0n) is 18.6. The summed E-state index contributed by atoms with van der Waals surface area (Å²) in [5.74, 6) is 0.152. The first-order valence-electron chi connectivity index (χ1n) is 10.6. The van der Waals surface area contributed by atoms with Gasteiger partial charge in [0.2, 0.25) is 5.95 Å². The Bertz CT molecular complexity index is 1570. The van der Waals surface area contributed by atoms with Gasteiger partial charge in [-0.15, -0.1) is 5.10 Å². The van der Waals surface area contributed by atoms with Gasteiger partial charge >= 0.3 is 6.01 Å². The first-order valence-corrected chi connectivity index (χ1v) is 10.6. The lowest BCUT2D eigenvalue weighted by Gasteiger charge is -2.13.